The summed E-state index contributed by atoms with van der Waals surface area (Å²) in [6.07, 6.45) is -0.203. The predicted octanol–water partition coefficient (Wildman–Crippen LogP) is 0.0392. The zero-order valence-electron chi connectivity index (χ0n) is 7.07. The summed E-state index contributed by atoms with van der Waals surface area (Å²) < 4.78 is 9.16. The first-order valence-corrected chi connectivity index (χ1v) is 3.51. The number of carboxylic acids is 1. The zero-order valence-corrected chi connectivity index (χ0v) is 7.07. The van der Waals surface area contributed by atoms with Crippen molar-refractivity contribution in [3.8, 4) is 0 Å². The van der Waals surface area contributed by atoms with Crippen LogP contribution in [0.5, 0.6) is 0 Å². The number of carbonyl (C=O) groups excluding carboxylic acids is 1. The number of carboxylic acid groups (broad SMARTS) is 1. The molecule has 0 fully saturated rings. The minimum Gasteiger partial charge on any atom is -0.480 e. The fourth-order valence-corrected chi connectivity index (χ4v) is 0.519. The molecule has 1 N–H and O–H groups in total. The molecular weight excluding hydrogens is 164 g/mol. The van der Waals surface area contributed by atoms with Crippen molar-refractivity contribution < 1.29 is 24.2 Å². The standard InChI is InChI=1S/C7H12O5/c1-5(2)12-7(10)4-11-3-6(8)9/h5H,3-4H2,1-2H3,(H,8,9). The SMILES string of the molecule is CC(C)OC(=O)COCC(=O)O. The first kappa shape index (κ1) is 10.9. The Morgan fingerprint density at radius 3 is 2.33 bits per heavy atom. The van der Waals surface area contributed by atoms with Crippen molar-refractivity contribution in [1.82, 2.24) is 0 Å². The molecule has 0 aliphatic heterocycles. The van der Waals surface area contributed by atoms with Gasteiger partial charge in [-0.15, -0.1) is 0 Å². The van der Waals surface area contributed by atoms with E-state index >= 15 is 0 Å². The van der Waals surface area contributed by atoms with Crippen molar-refractivity contribution >= 4 is 11.9 Å². The van der Waals surface area contributed by atoms with Crippen LogP contribution in [-0.2, 0) is 19.1 Å². The molecule has 0 aromatic carbocycles. The van der Waals surface area contributed by atoms with Crippen LogP contribution in [0.1, 0.15) is 13.8 Å². The lowest BCUT2D eigenvalue weighted by Gasteiger charge is -2.06. The molecular formula is C7H12O5. The molecule has 0 spiro atoms. The van der Waals surface area contributed by atoms with Crippen molar-refractivity contribution in [3.05, 3.63) is 0 Å². The van der Waals surface area contributed by atoms with E-state index in [0.29, 0.717) is 0 Å². The summed E-state index contributed by atoms with van der Waals surface area (Å²) in [6, 6.07) is 0. The number of hydrogen-bond donors (Lipinski definition) is 1. The van der Waals surface area contributed by atoms with Gasteiger partial charge in [-0.05, 0) is 13.8 Å². The second-order valence-electron chi connectivity index (χ2n) is 2.43. The van der Waals surface area contributed by atoms with Crippen LogP contribution in [0.25, 0.3) is 0 Å². The lowest BCUT2D eigenvalue weighted by molar-refractivity contribution is -0.155. The molecule has 5 nitrogen and oxygen atoms in total. The van der Waals surface area contributed by atoms with Gasteiger partial charge in [-0.25, -0.2) is 9.59 Å². The Morgan fingerprint density at radius 1 is 1.33 bits per heavy atom. The van der Waals surface area contributed by atoms with Gasteiger partial charge in [-0.2, -0.15) is 0 Å². The Kier molecular flexibility index (Phi) is 5.03. The minimum atomic E-state index is -1.10. The summed E-state index contributed by atoms with van der Waals surface area (Å²) in [6.45, 7) is 2.61. The molecule has 0 aliphatic carbocycles. The topological polar surface area (TPSA) is 72.8 Å². The first-order valence-electron chi connectivity index (χ1n) is 3.51. The second kappa shape index (κ2) is 5.54. The maximum absolute atomic E-state index is 10.7. The molecule has 0 saturated carbocycles. The molecule has 12 heavy (non-hydrogen) atoms. The van der Waals surface area contributed by atoms with Crippen LogP contribution in [0, 0.1) is 0 Å². The molecule has 0 amide bonds. The van der Waals surface area contributed by atoms with Crippen LogP contribution in [0.2, 0.25) is 0 Å². The molecule has 0 aliphatic rings. The van der Waals surface area contributed by atoms with Gasteiger partial charge in [0.05, 0.1) is 6.10 Å². The van der Waals surface area contributed by atoms with E-state index in [1.54, 1.807) is 13.8 Å². The van der Waals surface area contributed by atoms with Gasteiger partial charge in [0.1, 0.15) is 13.2 Å². The minimum absolute atomic E-state index is 0.203. The van der Waals surface area contributed by atoms with Crippen molar-refractivity contribution in [2.24, 2.45) is 0 Å². The number of rotatable bonds is 5. The third kappa shape index (κ3) is 7.01. The lowest BCUT2D eigenvalue weighted by Crippen LogP contribution is -2.19. The Bertz CT molecular complexity index is 163. The Labute approximate surface area is 70.3 Å². The largest absolute Gasteiger partial charge is 0.480 e. The van der Waals surface area contributed by atoms with E-state index in [2.05, 4.69) is 9.47 Å². The highest BCUT2D eigenvalue weighted by molar-refractivity contribution is 5.72. The monoisotopic (exact) mass is 176 g/mol. The van der Waals surface area contributed by atoms with Gasteiger partial charge in [0.25, 0.3) is 0 Å². The van der Waals surface area contributed by atoms with Gasteiger partial charge in [-0.3, -0.25) is 0 Å². The Balaban J connectivity index is 3.38. The predicted molar refractivity (Wildman–Crippen MR) is 39.7 cm³/mol. The smallest absolute Gasteiger partial charge is 0.332 e. The first-order chi connectivity index (χ1) is 5.52. The summed E-state index contributed by atoms with van der Waals surface area (Å²) in [5.74, 6) is -1.65. The highest BCUT2D eigenvalue weighted by atomic mass is 16.6. The van der Waals surface area contributed by atoms with Gasteiger partial charge < -0.3 is 14.6 Å². The van der Waals surface area contributed by atoms with Gasteiger partial charge in [0.15, 0.2) is 0 Å². The highest BCUT2D eigenvalue weighted by Crippen LogP contribution is 1.89. The summed E-state index contributed by atoms with van der Waals surface area (Å²) >= 11 is 0. The fourth-order valence-electron chi connectivity index (χ4n) is 0.519. The zero-order chi connectivity index (χ0) is 9.56. The molecule has 0 radical (unpaired) electrons. The van der Waals surface area contributed by atoms with Gasteiger partial charge in [0.2, 0.25) is 0 Å². The fraction of sp³-hybridized carbons (Fsp3) is 0.714. The highest BCUT2D eigenvalue weighted by Gasteiger charge is 2.06. The van der Waals surface area contributed by atoms with Gasteiger partial charge in [-0.1, -0.05) is 0 Å². The molecule has 70 valence electrons. The molecule has 0 bridgehead atoms. The molecule has 0 saturated heterocycles. The van der Waals surface area contributed by atoms with E-state index in [1.807, 2.05) is 0 Å². The van der Waals surface area contributed by atoms with E-state index in [9.17, 15) is 9.59 Å². The third-order valence-corrected chi connectivity index (χ3v) is 0.813. The van der Waals surface area contributed by atoms with Crippen molar-refractivity contribution in [2.75, 3.05) is 13.2 Å². The van der Waals surface area contributed by atoms with E-state index in [4.69, 9.17) is 5.11 Å². The number of ether oxygens (including phenoxy) is 2. The van der Waals surface area contributed by atoms with Crippen molar-refractivity contribution in [2.45, 2.75) is 20.0 Å². The van der Waals surface area contributed by atoms with E-state index in [0.717, 1.165) is 0 Å². The van der Waals surface area contributed by atoms with E-state index in [1.165, 1.54) is 0 Å². The number of carbonyl (C=O) groups is 2. The van der Waals surface area contributed by atoms with Crippen LogP contribution in [0.3, 0.4) is 0 Å². The number of esters is 1. The Hall–Kier alpha value is -1.10. The van der Waals surface area contributed by atoms with Crippen LogP contribution >= 0.6 is 0 Å². The molecule has 0 aromatic rings. The quantitative estimate of drug-likeness (QED) is 0.598. The Morgan fingerprint density at radius 2 is 1.92 bits per heavy atom. The van der Waals surface area contributed by atoms with Gasteiger partial charge in [0, 0.05) is 0 Å². The molecule has 0 atom stereocenters. The summed E-state index contributed by atoms with van der Waals surface area (Å²) in [7, 11) is 0. The molecule has 0 heterocycles. The van der Waals surface area contributed by atoms with Gasteiger partial charge >= 0.3 is 11.9 Å². The molecule has 5 heteroatoms. The molecule has 0 rings (SSSR count). The normalized spacial score (nSPS) is 9.92. The summed E-state index contributed by atoms with van der Waals surface area (Å²) in [5.41, 5.74) is 0. The van der Waals surface area contributed by atoms with Crippen LogP contribution in [0.4, 0.5) is 0 Å². The average molecular weight is 176 g/mol. The van der Waals surface area contributed by atoms with Crippen LogP contribution < -0.4 is 0 Å². The summed E-state index contributed by atoms with van der Waals surface area (Å²) in [4.78, 5) is 20.6. The van der Waals surface area contributed by atoms with Crippen molar-refractivity contribution in [3.63, 3.8) is 0 Å². The van der Waals surface area contributed by atoms with Crippen molar-refractivity contribution in [1.29, 1.82) is 0 Å². The number of hydrogen-bond acceptors (Lipinski definition) is 4. The summed E-state index contributed by atoms with van der Waals surface area (Å²) in [5, 5.41) is 8.13. The maximum atomic E-state index is 10.7. The van der Waals surface area contributed by atoms with Crippen LogP contribution in [-0.4, -0.2) is 36.4 Å². The lowest BCUT2D eigenvalue weighted by atomic mass is 10.5. The molecule has 0 aromatic heterocycles. The number of aliphatic carboxylic acids is 1. The molecule has 0 unspecified atom stereocenters. The average Bonchev–Trinajstić information content (AvgIpc) is 1.84. The third-order valence-electron chi connectivity index (χ3n) is 0.813. The maximum Gasteiger partial charge on any atom is 0.332 e. The van der Waals surface area contributed by atoms with Crippen LogP contribution in [0.15, 0.2) is 0 Å². The van der Waals surface area contributed by atoms with E-state index in [-0.39, 0.29) is 12.7 Å². The second-order valence-corrected chi connectivity index (χ2v) is 2.43. The van der Waals surface area contributed by atoms with E-state index < -0.39 is 18.5 Å².